The van der Waals surface area contributed by atoms with Crippen molar-refractivity contribution >= 4 is 66.0 Å². The maximum absolute atomic E-state index is 12.2. The topological polar surface area (TPSA) is 250 Å². The van der Waals surface area contributed by atoms with Crippen LogP contribution in [-0.4, -0.2) is 59.2 Å². The van der Waals surface area contributed by atoms with Crippen molar-refractivity contribution in [1.29, 1.82) is 0 Å². The monoisotopic (exact) mass is 955 g/mol. The van der Waals surface area contributed by atoms with Crippen LogP contribution in [0.1, 0.15) is 81.4 Å². The fourth-order valence-corrected chi connectivity index (χ4v) is 9.10. The zero-order valence-corrected chi connectivity index (χ0v) is 38.9. The van der Waals surface area contributed by atoms with E-state index in [1.165, 1.54) is 42.5 Å². The van der Waals surface area contributed by atoms with E-state index in [0.717, 1.165) is 27.8 Å². The molecule has 17 nitrogen and oxygen atoms in total. The second kappa shape index (κ2) is 20.0. The van der Waals surface area contributed by atoms with Crippen molar-refractivity contribution in [2.24, 2.45) is 0 Å². The number of rotatable bonds is 19. The highest BCUT2D eigenvalue weighted by Gasteiger charge is 2.43. The number of nitro benzene ring substituents is 2. The summed E-state index contributed by atoms with van der Waals surface area (Å²) in [6, 6.07) is 24.3. The number of anilines is 2. The molecule has 1 atom stereocenters. The molecule has 1 aromatic heterocycles. The molecule has 0 bridgehead atoms. The van der Waals surface area contributed by atoms with Gasteiger partial charge in [0, 0.05) is 84.4 Å². The molecule has 0 spiro atoms. The summed E-state index contributed by atoms with van der Waals surface area (Å²) in [7, 11) is -8.92. The molecule has 6 rings (SSSR count). The molecule has 0 fully saturated rings. The van der Waals surface area contributed by atoms with Gasteiger partial charge in [-0.05, 0) is 100 Å². The van der Waals surface area contributed by atoms with Gasteiger partial charge in [-0.1, -0.05) is 48.6 Å². The van der Waals surface area contributed by atoms with E-state index in [0.29, 0.717) is 41.4 Å². The SMILES string of the molecule is CC(C)(C)c1cc(/C=C/C=C/C=C2/N(CCCS(=O)(=O)O)c3ccc(S(=O)(=O)O)cc3C2(C)CCCC(=O)O)c2ccc(N(Cc3ccc([N+](=O)[O-])cc3)Cc3ccc([N+](=O)[O-])cc3)cc2[o+]1. The molecule has 5 aromatic rings. The minimum absolute atomic E-state index is 0.0142. The first-order valence-corrected chi connectivity index (χ1v) is 24.2. The normalized spacial score (nSPS) is 16.0. The third-order valence-corrected chi connectivity index (χ3v) is 13.2. The van der Waals surface area contributed by atoms with Crippen LogP contribution in [-0.2, 0) is 49.0 Å². The number of hydrogen-bond acceptors (Lipinski definition) is 11. The lowest BCUT2D eigenvalue weighted by Crippen LogP contribution is -2.30. The van der Waals surface area contributed by atoms with Crippen LogP contribution in [0.2, 0.25) is 0 Å². The first kappa shape index (κ1) is 49.6. The molecule has 1 aliphatic rings. The van der Waals surface area contributed by atoms with Crippen LogP contribution < -0.4 is 9.80 Å². The minimum atomic E-state index is -4.61. The van der Waals surface area contributed by atoms with Crippen LogP contribution in [0.25, 0.3) is 17.0 Å². The summed E-state index contributed by atoms with van der Waals surface area (Å²) in [5.74, 6) is -0.856. The molecule has 0 aliphatic carbocycles. The van der Waals surface area contributed by atoms with E-state index in [4.69, 9.17) is 4.42 Å². The average molecular weight is 956 g/mol. The van der Waals surface area contributed by atoms with Gasteiger partial charge in [-0.25, -0.2) is 4.42 Å². The first-order chi connectivity index (χ1) is 31.4. The van der Waals surface area contributed by atoms with E-state index in [1.54, 1.807) is 42.5 Å². The fraction of sp³-hybridized carbons (Fsp3) is 0.292. The maximum atomic E-state index is 12.2. The lowest BCUT2D eigenvalue weighted by Gasteiger charge is -2.30. The van der Waals surface area contributed by atoms with Crippen LogP contribution in [0.3, 0.4) is 0 Å². The summed E-state index contributed by atoms with van der Waals surface area (Å²) < 4.78 is 73.8. The zero-order valence-electron chi connectivity index (χ0n) is 37.2. The zero-order chi connectivity index (χ0) is 48.9. The number of nitrogens with zero attached hydrogens (tertiary/aromatic N) is 4. The Morgan fingerprint density at radius 2 is 1.43 bits per heavy atom. The van der Waals surface area contributed by atoms with Gasteiger partial charge in [-0.15, -0.1) is 0 Å². The molecule has 3 N–H and O–H groups in total. The highest BCUT2D eigenvalue weighted by atomic mass is 32.2. The van der Waals surface area contributed by atoms with E-state index in [9.17, 15) is 56.1 Å². The predicted molar refractivity (Wildman–Crippen MR) is 255 cm³/mol. The van der Waals surface area contributed by atoms with E-state index < -0.39 is 52.6 Å². The molecule has 352 valence electrons. The summed E-state index contributed by atoms with van der Waals surface area (Å²) in [6.45, 7) is 8.68. The van der Waals surface area contributed by atoms with Crippen molar-refractivity contribution in [2.45, 2.75) is 82.2 Å². The van der Waals surface area contributed by atoms with E-state index in [2.05, 4.69) is 0 Å². The first-order valence-electron chi connectivity index (χ1n) is 21.2. The lowest BCUT2D eigenvalue weighted by atomic mass is 9.77. The molecule has 2 heterocycles. The van der Waals surface area contributed by atoms with Gasteiger partial charge >= 0.3 is 17.3 Å². The number of fused-ring (bicyclic) bond motifs is 2. The molecular formula is C48H51N4O13S2+. The summed E-state index contributed by atoms with van der Waals surface area (Å²) in [5.41, 5.74) is 3.94. The van der Waals surface area contributed by atoms with Gasteiger partial charge in [0.05, 0.1) is 37.4 Å². The number of nitro groups is 2. The fourth-order valence-electron chi connectivity index (χ4n) is 8.09. The number of hydrogen-bond donors (Lipinski definition) is 3. The third-order valence-electron chi connectivity index (χ3n) is 11.5. The molecule has 67 heavy (non-hydrogen) atoms. The van der Waals surface area contributed by atoms with Gasteiger partial charge in [0.1, 0.15) is 0 Å². The maximum Gasteiger partial charge on any atom is 0.362 e. The smallest absolute Gasteiger partial charge is 0.362 e. The molecule has 0 saturated heterocycles. The van der Waals surface area contributed by atoms with Crippen molar-refractivity contribution in [3.05, 3.63) is 169 Å². The van der Waals surface area contributed by atoms with Gasteiger partial charge in [0.15, 0.2) is 0 Å². The number of non-ortho nitro benzene ring substituents is 2. The molecular weight excluding hydrogens is 905 g/mol. The van der Waals surface area contributed by atoms with Crippen LogP contribution in [0.15, 0.2) is 130 Å². The summed E-state index contributed by atoms with van der Waals surface area (Å²) in [6.07, 6.45) is 9.41. The molecule has 4 aromatic carbocycles. The van der Waals surface area contributed by atoms with Gasteiger partial charge in [0.2, 0.25) is 0 Å². The largest absolute Gasteiger partial charge is 0.481 e. The minimum Gasteiger partial charge on any atom is -0.481 e. The van der Waals surface area contributed by atoms with Crippen LogP contribution in [0.4, 0.5) is 22.7 Å². The van der Waals surface area contributed by atoms with Gasteiger partial charge in [-0.2, -0.15) is 16.8 Å². The lowest BCUT2D eigenvalue weighted by molar-refractivity contribution is -0.385. The Kier molecular flexibility index (Phi) is 14.8. The summed E-state index contributed by atoms with van der Waals surface area (Å²) in [4.78, 5) is 36.8. The van der Waals surface area contributed by atoms with Crippen molar-refractivity contribution in [2.75, 3.05) is 22.1 Å². The second-order valence-electron chi connectivity index (χ2n) is 17.5. The number of carboxylic acid groups (broad SMARTS) is 1. The van der Waals surface area contributed by atoms with Gasteiger partial charge in [0.25, 0.3) is 31.6 Å². The summed E-state index contributed by atoms with van der Waals surface area (Å²) >= 11 is 0. The van der Waals surface area contributed by atoms with Gasteiger partial charge in [-0.3, -0.25) is 34.1 Å². The number of carboxylic acids is 1. The predicted octanol–water partition coefficient (Wildman–Crippen LogP) is 10.0. The molecule has 0 amide bonds. The van der Waals surface area contributed by atoms with E-state index >= 15 is 0 Å². The Bertz CT molecular complexity index is 2960. The molecule has 0 radical (unpaired) electrons. The number of allylic oxidation sites excluding steroid dienone is 5. The van der Waals surface area contributed by atoms with Crippen LogP contribution in [0, 0.1) is 20.2 Å². The number of benzene rings is 4. The summed E-state index contributed by atoms with van der Waals surface area (Å²) in [5, 5.41) is 32.9. The highest BCUT2D eigenvalue weighted by molar-refractivity contribution is 7.86. The Balaban J connectivity index is 1.38. The van der Waals surface area contributed by atoms with Gasteiger partial charge < -0.3 is 14.9 Å². The molecule has 1 unspecified atom stereocenters. The Morgan fingerprint density at radius 1 is 0.821 bits per heavy atom. The van der Waals surface area contributed by atoms with Crippen molar-refractivity contribution in [3.63, 3.8) is 0 Å². The van der Waals surface area contributed by atoms with Crippen LogP contribution >= 0.6 is 0 Å². The Hall–Kier alpha value is -6.80. The molecule has 0 saturated carbocycles. The second-order valence-corrected chi connectivity index (χ2v) is 20.5. The highest BCUT2D eigenvalue weighted by Crippen LogP contribution is 2.51. The quantitative estimate of drug-likeness (QED) is 0.0229. The molecule has 1 aliphatic heterocycles. The van der Waals surface area contributed by atoms with E-state index in [1.807, 2.05) is 73.9 Å². The molecule has 19 heteroatoms. The van der Waals surface area contributed by atoms with E-state index in [-0.39, 0.29) is 48.5 Å². The Labute approximate surface area is 388 Å². The average Bonchev–Trinajstić information content (AvgIpc) is 3.47. The Morgan fingerprint density at radius 3 is 1.97 bits per heavy atom. The standard InChI is InChI=1S/C48H50N4O13S2/c1-47(2,3)45-28-35(40-23-21-38(29-43(40)65-45)49(31-33-13-17-36(18-14-33)51(55)56)32-34-15-19-37(20-16-34)52(57)58)10-6-5-7-11-44-48(4,25-8-12-46(53)54)41-30-39(67(62,63)64)22-24-42(41)50(44)26-9-27-66(59,60)61/h5-7,10-11,13-24,28-30H,8-9,12,25-27,31-32H2,1-4H3,(H2-,53,54,59,60,61,62,63,64)/p+1/b7-5+,10-6+,44-11+. The van der Waals surface area contributed by atoms with Crippen molar-refractivity contribution in [1.82, 2.24) is 0 Å². The number of aliphatic carboxylic acids is 1. The third kappa shape index (κ3) is 12.4. The number of carbonyl (C=O) groups is 1. The van der Waals surface area contributed by atoms with Crippen molar-refractivity contribution in [3.8, 4) is 0 Å². The van der Waals surface area contributed by atoms with Crippen LogP contribution in [0.5, 0.6) is 0 Å². The van der Waals surface area contributed by atoms with Crippen molar-refractivity contribution < 1.29 is 50.1 Å².